The van der Waals surface area contributed by atoms with E-state index >= 15 is 0 Å². The van der Waals surface area contributed by atoms with Crippen molar-refractivity contribution in [3.63, 3.8) is 0 Å². The molecule has 0 radical (unpaired) electrons. The predicted octanol–water partition coefficient (Wildman–Crippen LogP) is 3.06. The molecule has 1 aromatic carbocycles. The zero-order chi connectivity index (χ0) is 14.7. The van der Waals surface area contributed by atoms with Crippen molar-refractivity contribution < 1.29 is 9.45 Å². The van der Waals surface area contributed by atoms with Crippen LogP contribution in [0.15, 0.2) is 28.8 Å². The fourth-order valence-electron chi connectivity index (χ4n) is 1.80. The van der Waals surface area contributed by atoms with Gasteiger partial charge in [-0.15, -0.1) is 0 Å². The van der Waals surface area contributed by atoms with E-state index in [1.807, 2.05) is 13.8 Å². The van der Waals surface area contributed by atoms with Gasteiger partial charge >= 0.3 is 0 Å². The van der Waals surface area contributed by atoms with Crippen LogP contribution in [0.25, 0.3) is 11.3 Å². The number of nitrogens with zero attached hydrogens (tertiary/aromatic N) is 2. The van der Waals surface area contributed by atoms with Gasteiger partial charge in [-0.05, 0) is 6.92 Å². The molecule has 0 spiro atoms. The molecule has 0 fully saturated rings. The van der Waals surface area contributed by atoms with Crippen LogP contribution < -0.4 is 5.32 Å². The normalized spacial score (nSPS) is 11.0. The summed E-state index contributed by atoms with van der Waals surface area (Å²) in [5, 5.41) is 18.1. The van der Waals surface area contributed by atoms with Crippen molar-refractivity contribution in [2.45, 2.75) is 33.4 Å². The Morgan fingerprint density at radius 2 is 2.15 bits per heavy atom. The van der Waals surface area contributed by atoms with Crippen LogP contribution in [-0.4, -0.2) is 16.1 Å². The molecular weight excluding hydrogens is 258 g/mol. The highest BCUT2D eigenvalue weighted by Gasteiger charge is 2.14. The van der Waals surface area contributed by atoms with Crippen molar-refractivity contribution >= 4 is 5.69 Å². The lowest BCUT2D eigenvalue weighted by Gasteiger charge is -2.03. The first-order chi connectivity index (χ1) is 9.47. The first-order valence-corrected chi connectivity index (χ1v) is 6.41. The van der Waals surface area contributed by atoms with Gasteiger partial charge in [0.25, 0.3) is 5.69 Å². The van der Waals surface area contributed by atoms with Crippen LogP contribution in [0, 0.1) is 17.0 Å². The van der Waals surface area contributed by atoms with Crippen LogP contribution in [-0.2, 0) is 6.54 Å². The molecule has 6 heteroatoms. The molecule has 20 heavy (non-hydrogen) atoms. The summed E-state index contributed by atoms with van der Waals surface area (Å²) in [4.78, 5) is 10.5. The largest absolute Gasteiger partial charge is 0.356 e. The number of benzene rings is 1. The van der Waals surface area contributed by atoms with E-state index < -0.39 is 4.92 Å². The van der Waals surface area contributed by atoms with Gasteiger partial charge in [0.2, 0.25) is 0 Å². The fraction of sp³-hybridized carbons (Fsp3) is 0.357. The SMILES string of the molecule is Cc1ccc(-c2cc(CNC(C)C)no2)cc1[N+](=O)[O-]. The van der Waals surface area contributed by atoms with Gasteiger partial charge < -0.3 is 9.84 Å². The number of aryl methyl sites for hydroxylation is 1. The molecule has 2 rings (SSSR count). The molecule has 0 aliphatic carbocycles. The zero-order valence-electron chi connectivity index (χ0n) is 11.7. The van der Waals surface area contributed by atoms with Crippen LogP contribution in [0.2, 0.25) is 0 Å². The molecule has 0 bridgehead atoms. The van der Waals surface area contributed by atoms with Crippen LogP contribution in [0.5, 0.6) is 0 Å². The first kappa shape index (κ1) is 14.2. The number of aromatic nitrogens is 1. The van der Waals surface area contributed by atoms with Crippen molar-refractivity contribution in [1.29, 1.82) is 0 Å². The van der Waals surface area contributed by atoms with Crippen LogP contribution in [0.3, 0.4) is 0 Å². The number of hydrogen-bond donors (Lipinski definition) is 1. The number of hydrogen-bond acceptors (Lipinski definition) is 5. The highest BCUT2D eigenvalue weighted by Crippen LogP contribution is 2.27. The van der Waals surface area contributed by atoms with Gasteiger partial charge in [0.15, 0.2) is 5.76 Å². The Kier molecular flexibility index (Phi) is 4.14. The third kappa shape index (κ3) is 3.21. The highest BCUT2D eigenvalue weighted by molar-refractivity contribution is 5.62. The molecule has 106 valence electrons. The topological polar surface area (TPSA) is 81.2 Å². The third-order valence-electron chi connectivity index (χ3n) is 2.94. The Hall–Kier alpha value is -2.21. The molecule has 0 unspecified atom stereocenters. The summed E-state index contributed by atoms with van der Waals surface area (Å²) in [5.74, 6) is 0.536. The van der Waals surface area contributed by atoms with Gasteiger partial charge in [-0.2, -0.15) is 0 Å². The predicted molar refractivity (Wildman–Crippen MR) is 75.3 cm³/mol. The maximum absolute atomic E-state index is 10.9. The molecule has 0 saturated carbocycles. The van der Waals surface area contributed by atoms with Gasteiger partial charge in [-0.1, -0.05) is 31.1 Å². The van der Waals surface area contributed by atoms with Gasteiger partial charge in [0.05, 0.1) is 10.6 Å². The molecule has 1 N–H and O–H groups in total. The van der Waals surface area contributed by atoms with Crippen LogP contribution in [0.4, 0.5) is 5.69 Å². The van der Waals surface area contributed by atoms with Gasteiger partial charge in [-0.25, -0.2) is 0 Å². The van der Waals surface area contributed by atoms with Gasteiger partial charge in [0, 0.05) is 35.8 Å². The molecule has 0 atom stereocenters. The summed E-state index contributed by atoms with van der Waals surface area (Å²) in [5.41, 5.74) is 2.14. The summed E-state index contributed by atoms with van der Waals surface area (Å²) in [6, 6.07) is 7.17. The van der Waals surface area contributed by atoms with E-state index in [2.05, 4.69) is 10.5 Å². The number of nitro groups is 1. The van der Waals surface area contributed by atoms with Crippen LogP contribution in [0.1, 0.15) is 25.1 Å². The maximum Gasteiger partial charge on any atom is 0.273 e. The van der Waals surface area contributed by atoms with E-state index in [1.54, 1.807) is 25.1 Å². The van der Waals surface area contributed by atoms with Gasteiger partial charge in [0.1, 0.15) is 0 Å². The lowest BCUT2D eigenvalue weighted by atomic mass is 10.1. The Morgan fingerprint density at radius 1 is 1.40 bits per heavy atom. The minimum Gasteiger partial charge on any atom is -0.356 e. The highest BCUT2D eigenvalue weighted by atomic mass is 16.6. The van der Waals surface area contributed by atoms with Gasteiger partial charge in [-0.3, -0.25) is 10.1 Å². The van der Waals surface area contributed by atoms with Crippen LogP contribution >= 0.6 is 0 Å². The fourth-order valence-corrected chi connectivity index (χ4v) is 1.80. The van der Waals surface area contributed by atoms with E-state index in [9.17, 15) is 10.1 Å². The minimum atomic E-state index is -0.392. The first-order valence-electron chi connectivity index (χ1n) is 6.41. The quantitative estimate of drug-likeness (QED) is 0.670. The Labute approximate surface area is 116 Å². The number of rotatable bonds is 5. The number of nitrogens with one attached hydrogen (secondary N) is 1. The lowest BCUT2D eigenvalue weighted by molar-refractivity contribution is -0.385. The van der Waals surface area contributed by atoms with Crippen molar-refractivity contribution in [3.05, 3.63) is 45.6 Å². The summed E-state index contributed by atoms with van der Waals surface area (Å²) < 4.78 is 5.24. The summed E-state index contributed by atoms with van der Waals surface area (Å²) in [6.07, 6.45) is 0. The third-order valence-corrected chi connectivity index (χ3v) is 2.94. The van der Waals surface area contributed by atoms with Crippen molar-refractivity contribution in [2.75, 3.05) is 0 Å². The monoisotopic (exact) mass is 275 g/mol. The Morgan fingerprint density at radius 3 is 2.80 bits per heavy atom. The molecule has 0 amide bonds. The maximum atomic E-state index is 10.9. The smallest absolute Gasteiger partial charge is 0.273 e. The summed E-state index contributed by atoms with van der Waals surface area (Å²) >= 11 is 0. The van der Waals surface area contributed by atoms with Crippen molar-refractivity contribution in [2.24, 2.45) is 0 Å². The second kappa shape index (κ2) is 5.83. The van der Waals surface area contributed by atoms with E-state index in [0.29, 0.717) is 29.5 Å². The lowest BCUT2D eigenvalue weighted by Crippen LogP contribution is -2.21. The van der Waals surface area contributed by atoms with E-state index in [0.717, 1.165) is 5.69 Å². The van der Waals surface area contributed by atoms with E-state index in [1.165, 1.54) is 6.07 Å². The summed E-state index contributed by atoms with van der Waals surface area (Å²) in [6.45, 7) is 6.41. The summed E-state index contributed by atoms with van der Waals surface area (Å²) in [7, 11) is 0. The molecule has 6 nitrogen and oxygen atoms in total. The molecular formula is C14H17N3O3. The van der Waals surface area contributed by atoms with E-state index in [-0.39, 0.29) is 5.69 Å². The van der Waals surface area contributed by atoms with Crippen molar-refractivity contribution in [1.82, 2.24) is 10.5 Å². The Bertz CT molecular complexity index is 620. The number of nitro benzene ring substituents is 1. The molecule has 2 aromatic rings. The average Bonchev–Trinajstić information content (AvgIpc) is 2.85. The average molecular weight is 275 g/mol. The molecule has 0 aliphatic rings. The molecule has 0 saturated heterocycles. The zero-order valence-corrected chi connectivity index (χ0v) is 11.7. The minimum absolute atomic E-state index is 0.0840. The molecule has 1 aromatic heterocycles. The standard InChI is InChI=1S/C14H17N3O3/c1-9(2)15-8-12-7-14(20-16-12)11-5-4-10(3)13(6-11)17(18)19/h4-7,9,15H,8H2,1-3H3. The van der Waals surface area contributed by atoms with Crippen molar-refractivity contribution in [3.8, 4) is 11.3 Å². The Balaban J connectivity index is 2.24. The second-order valence-corrected chi connectivity index (χ2v) is 4.98. The van der Waals surface area contributed by atoms with E-state index in [4.69, 9.17) is 4.52 Å². The molecule has 1 heterocycles. The molecule has 0 aliphatic heterocycles. The second-order valence-electron chi connectivity index (χ2n) is 4.98.